The lowest BCUT2D eigenvalue weighted by molar-refractivity contribution is -0.384. The first-order valence-electron chi connectivity index (χ1n) is 10.2. The second-order valence-corrected chi connectivity index (χ2v) is 7.61. The Morgan fingerprint density at radius 2 is 1.69 bits per heavy atom. The molecule has 9 nitrogen and oxygen atoms in total. The Kier molecular flexibility index (Phi) is 5.98. The SMILES string of the molecule is COc1ccc(C(=O)C2CCN(C(=O)c3cnn(-c4ccc([N+](=O)[O-])cc4)c3)CC2)cc1. The number of hydrogen-bond donors (Lipinski definition) is 0. The van der Waals surface area contributed by atoms with Crippen LogP contribution in [0.4, 0.5) is 5.69 Å². The van der Waals surface area contributed by atoms with Gasteiger partial charge in [-0.05, 0) is 49.2 Å². The first-order chi connectivity index (χ1) is 15.5. The van der Waals surface area contributed by atoms with Gasteiger partial charge in [0.25, 0.3) is 11.6 Å². The fourth-order valence-electron chi connectivity index (χ4n) is 3.82. The number of Topliss-reactive ketones (excluding diaryl/α,β-unsaturated/α-hetero) is 1. The fourth-order valence-corrected chi connectivity index (χ4v) is 3.82. The van der Waals surface area contributed by atoms with Gasteiger partial charge in [-0.25, -0.2) is 4.68 Å². The van der Waals surface area contributed by atoms with Crippen molar-refractivity contribution in [2.45, 2.75) is 12.8 Å². The molecule has 1 aromatic heterocycles. The number of likely N-dealkylation sites (tertiary alicyclic amines) is 1. The minimum Gasteiger partial charge on any atom is -0.497 e. The molecular formula is C23H22N4O5. The smallest absolute Gasteiger partial charge is 0.269 e. The lowest BCUT2D eigenvalue weighted by Crippen LogP contribution is -2.40. The Labute approximate surface area is 184 Å². The molecule has 4 rings (SSSR count). The second kappa shape index (κ2) is 9.01. The third-order valence-corrected chi connectivity index (χ3v) is 5.68. The molecule has 0 aliphatic carbocycles. The predicted molar refractivity (Wildman–Crippen MR) is 116 cm³/mol. The minimum atomic E-state index is -0.467. The number of hydrogen-bond acceptors (Lipinski definition) is 6. The highest BCUT2D eigenvalue weighted by molar-refractivity contribution is 5.98. The van der Waals surface area contributed by atoms with Gasteiger partial charge in [0.05, 0.1) is 29.5 Å². The molecule has 0 atom stereocenters. The Balaban J connectivity index is 1.37. The average molecular weight is 434 g/mol. The van der Waals surface area contributed by atoms with Gasteiger partial charge in [0.1, 0.15) is 5.75 Å². The number of ether oxygens (including phenoxy) is 1. The molecule has 164 valence electrons. The van der Waals surface area contributed by atoms with E-state index in [0.717, 1.165) is 0 Å². The quantitative estimate of drug-likeness (QED) is 0.334. The molecule has 0 radical (unpaired) electrons. The number of non-ortho nitro benzene ring substituents is 1. The first-order valence-corrected chi connectivity index (χ1v) is 10.2. The summed E-state index contributed by atoms with van der Waals surface area (Å²) in [5.74, 6) is 0.533. The van der Waals surface area contributed by atoms with Crippen LogP contribution in [0.15, 0.2) is 60.9 Å². The van der Waals surface area contributed by atoms with Crippen molar-refractivity contribution in [1.82, 2.24) is 14.7 Å². The molecule has 1 fully saturated rings. The highest BCUT2D eigenvalue weighted by Crippen LogP contribution is 2.24. The molecule has 0 unspecified atom stereocenters. The van der Waals surface area contributed by atoms with Gasteiger partial charge in [-0.15, -0.1) is 0 Å². The average Bonchev–Trinajstić information content (AvgIpc) is 3.34. The van der Waals surface area contributed by atoms with E-state index in [2.05, 4.69) is 5.10 Å². The third kappa shape index (κ3) is 4.36. The Bertz CT molecular complexity index is 1130. The summed E-state index contributed by atoms with van der Waals surface area (Å²) < 4.78 is 6.64. The van der Waals surface area contributed by atoms with Gasteiger partial charge < -0.3 is 9.64 Å². The van der Waals surface area contributed by atoms with Crippen LogP contribution >= 0.6 is 0 Å². The predicted octanol–water partition coefficient (Wildman–Crippen LogP) is 3.52. The zero-order chi connectivity index (χ0) is 22.7. The Morgan fingerprint density at radius 1 is 1.03 bits per heavy atom. The van der Waals surface area contributed by atoms with Crippen LogP contribution in [-0.2, 0) is 0 Å². The van der Waals surface area contributed by atoms with Crippen LogP contribution in [0.1, 0.15) is 33.6 Å². The number of ketones is 1. The summed E-state index contributed by atoms with van der Waals surface area (Å²) in [7, 11) is 1.58. The summed E-state index contributed by atoms with van der Waals surface area (Å²) in [6.07, 6.45) is 4.30. The zero-order valence-electron chi connectivity index (χ0n) is 17.5. The number of carbonyl (C=O) groups excluding carboxylic acids is 2. The lowest BCUT2D eigenvalue weighted by Gasteiger charge is -2.31. The van der Waals surface area contributed by atoms with E-state index < -0.39 is 4.92 Å². The number of nitro groups is 1. The summed E-state index contributed by atoms with van der Waals surface area (Å²) >= 11 is 0. The zero-order valence-corrected chi connectivity index (χ0v) is 17.5. The first kappa shape index (κ1) is 21.2. The van der Waals surface area contributed by atoms with Crippen molar-refractivity contribution < 1.29 is 19.2 Å². The largest absolute Gasteiger partial charge is 0.497 e. The molecule has 0 bridgehead atoms. The van der Waals surface area contributed by atoms with Crippen molar-refractivity contribution in [2.24, 2.45) is 5.92 Å². The summed E-state index contributed by atoms with van der Waals surface area (Å²) in [5, 5.41) is 15.0. The van der Waals surface area contributed by atoms with Crippen LogP contribution in [0, 0.1) is 16.0 Å². The van der Waals surface area contributed by atoms with Gasteiger partial charge in [0.2, 0.25) is 0 Å². The molecule has 2 heterocycles. The van der Waals surface area contributed by atoms with Crippen molar-refractivity contribution in [3.05, 3.63) is 82.2 Å². The number of benzene rings is 2. The number of amides is 1. The van der Waals surface area contributed by atoms with E-state index in [4.69, 9.17) is 4.74 Å². The maximum Gasteiger partial charge on any atom is 0.269 e. The van der Waals surface area contributed by atoms with Crippen LogP contribution < -0.4 is 4.74 Å². The number of nitrogens with zero attached hydrogens (tertiary/aromatic N) is 4. The number of piperidine rings is 1. The summed E-state index contributed by atoms with van der Waals surface area (Å²) in [4.78, 5) is 37.7. The highest BCUT2D eigenvalue weighted by Gasteiger charge is 2.29. The van der Waals surface area contributed by atoms with Gasteiger partial charge in [-0.1, -0.05) is 0 Å². The maximum absolute atomic E-state index is 12.9. The van der Waals surface area contributed by atoms with E-state index in [0.29, 0.717) is 48.5 Å². The molecule has 0 N–H and O–H groups in total. The number of aromatic nitrogens is 2. The minimum absolute atomic E-state index is 0.00994. The van der Waals surface area contributed by atoms with E-state index >= 15 is 0 Å². The topological polar surface area (TPSA) is 108 Å². The van der Waals surface area contributed by atoms with E-state index in [1.807, 2.05) is 0 Å². The van der Waals surface area contributed by atoms with Gasteiger partial charge in [-0.2, -0.15) is 5.10 Å². The molecular weight excluding hydrogens is 412 g/mol. The molecule has 1 saturated heterocycles. The molecule has 1 amide bonds. The number of rotatable bonds is 6. The molecule has 0 saturated carbocycles. The lowest BCUT2D eigenvalue weighted by atomic mass is 9.88. The highest BCUT2D eigenvalue weighted by atomic mass is 16.6. The summed E-state index contributed by atoms with van der Waals surface area (Å²) in [6, 6.07) is 13.0. The molecule has 9 heteroatoms. The van der Waals surface area contributed by atoms with Gasteiger partial charge in [-0.3, -0.25) is 19.7 Å². The number of nitro benzene ring substituents is 1. The molecule has 3 aromatic rings. The van der Waals surface area contributed by atoms with E-state index in [1.54, 1.807) is 54.6 Å². The van der Waals surface area contributed by atoms with Crippen LogP contribution in [0.5, 0.6) is 5.75 Å². The van der Waals surface area contributed by atoms with Crippen LogP contribution in [0.2, 0.25) is 0 Å². The Hall–Kier alpha value is -4.01. The van der Waals surface area contributed by atoms with E-state index in [1.165, 1.54) is 23.0 Å². The van der Waals surface area contributed by atoms with E-state index in [9.17, 15) is 19.7 Å². The summed E-state index contributed by atoms with van der Waals surface area (Å²) in [5.41, 5.74) is 1.70. The monoisotopic (exact) mass is 434 g/mol. The molecule has 2 aromatic carbocycles. The molecule has 32 heavy (non-hydrogen) atoms. The Morgan fingerprint density at radius 3 is 2.28 bits per heavy atom. The fraction of sp³-hybridized carbons (Fsp3) is 0.261. The number of carbonyl (C=O) groups is 2. The van der Waals surface area contributed by atoms with Crippen LogP contribution in [0.3, 0.4) is 0 Å². The van der Waals surface area contributed by atoms with Gasteiger partial charge in [0.15, 0.2) is 5.78 Å². The van der Waals surface area contributed by atoms with Gasteiger partial charge in [0, 0.05) is 42.9 Å². The maximum atomic E-state index is 12.9. The molecule has 1 aliphatic heterocycles. The van der Waals surface area contributed by atoms with Crippen molar-refractivity contribution in [3.8, 4) is 11.4 Å². The summed E-state index contributed by atoms with van der Waals surface area (Å²) in [6.45, 7) is 0.988. The molecule has 0 spiro atoms. The van der Waals surface area contributed by atoms with Crippen molar-refractivity contribution in [1.29, 1.82) is 0 Å². The normalized spacial score (nSPS) is 14.2. The van der Waals surface area contributed by atoms with Crippen molar-refractivity contribution >= 4 is 17.4 Å². The third-order valence-electron chi connectivity index (χ3n) is 5.68. The van der Waals surface area contributed by atoms with Crippen LogP contribution in [-0.4, -0.2) is 51.5 Å². The standard InChI is InChI=1S/C23H22N4O5/c1-32-21-8-2-16(3-9-21)22(28)17-10-12-25(13-11-17)23(29)18-14-24-26(15-18)19-4-6-20(7-5-19)27(30)31/h2-9,14-15,17H,10-13H2,1H3. The van der Waals surface area contributed by atoms with Crippen LogP contribution in [0.25, 0.3) is 5.69 Å². The van der Waals surface area contributed by atoms with Crippen molar-refractivity contribution in [2.75, 3.05) is 20.2 Å². The number of methoxy groups -OCH3 is 1. The van der Waals surface area contributed by atoms with Crippen molar-refractivity contribution in [3.63, 3.8) is 0 Å². The second-order valence-electron chi connectivity index (χ2n) is 7.61. The molecule has 1 aliphatic rings. The van der Waals surface area contributed by atoms with Gasteiger partial charge >= 0.3 is 0 Å². The van der Waals surface area contributed by atoms with E-state index in [-0.39, 0.29) is 23.3 Å².